The molecule has 2 aromatic carbocycles. The van der Waals surface area contributed by atoms with Crippen LogP contribution in [0.5, 0.6) is 5.75 Å². The average Bonchev–Trinajstić information content (AvgIpc) is 2.66. The van der Waals surface area contributed by atoms with Crippen molar-refractivity contribution in [2.45, 2.75) is 20.0 Å². The third kappa shape index (κ3) is 5.66. The molecule has 2 rings (SSSR count). The Balaban J connectivity index is 1.92. The SMILES string of the molecule is CC(=O)Nc1ccc(C(=O)[C@H](C)OC(=O)COc2ccccc2C(N)=O)cc1. The number of esters is 1. The van der Waals surface area contributed by atoms with Crippen LogP contribution in [-0.4, -0.2) is 36.3 Å². The van der Waals surface area contributed by atoms with E-state index in [0.29, 0.717) is 11.3 Å². The first-order valence-corrected chi connectivity index (χ1v) is 8.41. The van der Waals surface area contributed by atoms with Crippen LogP contribution in [0.1, 0.15) is 34.6 Å². The van der Waals surface area contributed by atoms with Gasteiger partial charge in [-0.25, -0.2) is 4.79 Å². The van der Waals surface area contributed by atoms with Crippen LogP contribution in [0.3, 0.4) is 0 Å². The molecule has 1 atom stereocenters. The van der Waals surface area contributed by atoms with Crippen molar-refractivity contribution in [2.24, 2.45) is 5.73 Å². The summed E-state index contributed by atoms with van der Waals surface area (Å²) in [6.45, 7) is 2.34. The van der Waals surface area contributed by atoms with Crippen LogP contribution in [0.15, 0.2) is 48.5 Å². The molecule has 146 valence electrons. The van der Waals surface area contributed by atoms with Gasteiger partial charge in [-0.3, -0.25) is 14.4 Å². The summed E-state index contributed by atoms with van der Waals surface area (Å²) in [5.41, 5.74) is 6.26. The maximum atomic E-state index is 12.4. The largest absolute Gasteiger partial charge is 0.481 e. The first-order chi connectivity index (χ1) is 13.3. The van der Waals surface area contributed by atoms with Crippen molar-refractivity contribution < 1.29 is 28.7 Å². The Morgan fingerprint density at radius 3 is 2.29 bits per heavy atom. The van der Waals surface area contributed by atoms with Crippen molar-refractivity contribution in [3.63, 3.8) is 0 Å². The molecular formula is C20H20N2O6. The summed E-state index contributed by atoms with van der Waals surface area (Å²) in [5.74, 6) is -1.93. The number of Topliss-reactive ketones (excluding diaryl/α,β-unsaturated/α-hetero) is 1. The average molecular weight is 384 g/mol. The van der Waals surface area contributed by atoms with Crippen LogP contribution in [0.25, 0.3) is 0 Å². The summed E-state index contributed by atoms with van der Waals surface area (Å²) in [7, 11) is 0. The molecule has 0 spiro atoms. The number of primary amides is 1. The predicted octanol–water partition coefficient (Wildman–Crippen LogP) is 1.94. The molecule has 8 heteroatoms. The molecule has 0 saturated carbocycles. The highest BCUT2D eigenvalue weighted by Gasteiger charge is 2.20. The molecule has 0 saturated heterocycles. The number of ketones is 1. The van der Waals surface area contributed by atoms with Gasteiger partial charge in [0.15, 0.2) is 12.7 Å². The third-order valence-corrected chi connectivity index (χ3v) is 3.67. The number of benzene rings is 2. The van der Waals surface area contributed by atoms with Gasteiger partial charge in [-0.1, -0.05) is 12.1 Å². The van der Waals surface area contributed by atoms with Gasteiger partial charge in [0.2, 0.25) is 11.7 Å². The molecule has 0 unspecified atom stereocenters. The number of hydrogen-bond acceptors (Lipinski definition) is 6. The zero-order valence-electron chi connectivity index (χ0n) is 15.4. The van der Waals surface area contributed by atoms with Crippen LogP contribution < -0.4 is 15.8 Å². The Kier molecular flexibility index (Phi) is 6.86. The Hall–Kier alpha value is -3.68. The number of para-hydroxylation sites is 1. The van der Waals surface area contributed by atoms with Gasteiger partial charge in [0.25, 0.3) is 5.91 Å². The molecule has 0 aliphatic carbocycles. The zero-order chi connectivity index (χ0) is 20.7. The molecule has 2 aromatic rings. The van der Waals surface area contributed by atoms with Crippen molar-refractivity contribution in [3.05, 3.63) is 59.7 Å². The Morgan fingerprint density at radius 2 is 1.68 bits per heavy atom. The number of carbonyl (C=O) groups excluding carboxylic acids is 4. The summed E-state index contributed by atoms with van der Waals surface area (Å²) in [6, 6.07) is 12.4. The van der Waals surface area contributed by atoms with E-state index in [4.69, 9.17) is 15.2 Å². The smallest absolute Gasteiger partial charge is 0.344 e. The third-order valence-electron chi connectivity index (χ3n) is 3.67. The van der Waals surface area contributed by atoms with Crippen LogP contribution in [-0.2, 0) is 14.3 Å². The zero-order valence-corrected chi connectivity index (χ0v) is 15.4. The Bertz CT molecular complexity index is 892. The van der Waals surface area contributed by atoms with Crippen molar-refractivity contribution in [1.82, 2.24) is 0 Å². The lowest BCUT2D eigenvalue weighted by Crippen LogP contribution is -2.27. The lowest BCUT2D eigenvalue weighted by molar-refractivity contribution is -0.148. The number of rotatable bonds is 8. The summed E-state index contributed by atoms with van der Waals surface area (Å²) in [6.07, 6.45) is -1.03. The van der Waals surface area contributed by atoms with Crippen LogP contribution >= 0.6 is 0 Å². The molecule has 28 heavy (non-hydrogen) atoms. The summed E-state index contributed by atoms with van der Waals surface area (Å²) in [4.78, 5) is 46.7. The van der Waals surface area contributed by atoms with E-state index >= 15 is 0 Å². The second-order valence-electron chi connectivity index (χ2n) is 5.90. The van der Waals surface area contributed by atoms with E-state index in [0.717, 1.165) is 0 Å². The molecule has 0 aromatic heterocycles. The monoisotopic (exact) mass is 384 g/mol. The predicted molar refractivity (Wildman–Crippen MR) is 101 cm³/mol. The summed E-state index contributed by atoms with van der Waals surface area (Å²) < 4.78 is 10.4. The quantitative estimate of drug-likeness (QED) is 0.529. The van der Waals surface area contributed by atoms with Gasteiger partial charge in [0.05, 0.1) is 5.56 Å². The fourth-order valence-corrected chi connectivity index (χ4v) is 2.37. The molecule has 0 aliphatic heterocycles. The lowest BCUT2D eigenvalue weighted by Gasteiger charge is -2.14. The van der Waals surface area contributed by atoms with Crippen LogP contribution in [0.4, 0.5) is 5.69 Å². The topological polar surface area (TPSA) is 125 Å². The van der Waals surface area contributed by atoms with Crippen molar-refractivity contribution in [1.29, 1.82) is 0 Å². The van der Waals surface area contributed by atoms with Crippen LogP contribution in [0.2, 0.25) is 0 Å². The number of anilines is 1. The Labute approximate surface area is 161 Å². The van der Waals surface area contributed by atoms with E-state index in [1.807, 2.05) is 0 Å². The number of carbonyl (C=O) groups is 4. The first-order valence-electron chi connectivity index (χ1n) is 8.41. The summed E-state index contributed by atoms with van der Waals surface area (Å²) in [5, 5.41) is 2.59. The Morgan fingerprint density at radius 1 is 1.04 bits per heavy atom. The first kappa shape index (κ1) is 20.6. The minimum atomic E-state index is -1.03. The van der Waals surface area contributed by atoms with E-state index in [1.54, 1.807) is 24.3 Å². The van der Waals surface area contributed by atoms with E-state index in [9.17, 15) is 19.2 Å². The van der Waals surface area contributed by atoms with Crippen molar-refractivity contribution in [2.75, 3.05) is 11.9 Å². The van der Waals surface area contributed by atoms with E-state index in [-0.39, 0.29) is 17.2 Å². The van der Waals surface area contributed by atoms with Gasteiger partial charge < -0.3 is 20.5 Å². The molecule has 3 N–H and O–H groups in total. The number of ether oxygens (including phenoxy) is 2. The fourth-order valence-electron chi connectivity index (χ4n) is 2.37. The minimum absolute atomic E-state index is 0.138. The van der Waals surface area contributed by atoms with Gasteiger partial charge in [-0.05, 0) is 43.3 Å². The number of nitrogens with two attached hydrogens (primary N) is 1. The van der Waals surface area contributed by atoms with Gasteiger partial charge in [-0.15, -0.1) is 0 Å². The second-order valence-corrected chi connectivity index (χ2v) is 5.90. The number of hydrogen-bond donors (Lipinski definition) is 2. The van der Waals surface area contributed by atoms with Crippen molar-refractivity contribution >= 4 is 29.3 Å². The molecule has 0 fully saturated rings. The van der Waals surface area contributed by atoms with Gasteiger partial charge in [0, 0.05) is 18.2 Å². The number of nitrogens with one attached hydrogen (secondary N) is 1. The van der Waals surface area contributed by atoms with Gasteiger partial charge in [-0.2, -0.15) is 0 Å². The maximum Gasteiger partial charge on any atom is 0.344 e. The minimum Gasteiger partial charge on any atom is -0.481 e. The lowest BCUT2D eigenvalue weighted by atomic mass is 10.1. The molecule has 0 radical (unpaired) electrons. The highest BCUT2D eigenvalue weighted by atomic mass is 16.6. The van der Waals surface area contributed by atoms with Crippen molar-refractivity contribution in [3.8, 4) is 5.75 Å². The molecule has 0 bridgehead atoms. The maximum absolute atomic E-state index is 12.4. The fraction of sp³-hybridized carbons (Fsp3) is 0.200. The highest BCUT2D eigenvalue weighted by molar-refractivity contribution is 6.01. The highest BCUT2D eigenvalue weighted by Crippen LogP contribution is 2.17. The molecule has 0 aliphatic rings. The molecule has 2 amide bonds. The second kappa shape index (κ2) is 9.31. The van der Waals surface area contributed by atoms with E-state index in [1.165, 1.54) is 38.1 Å². The standard InChI is InChI=1S/C20H20N2O6/c1-12(19(25)14-7-9-15(10-8-14)22-13(2)23)28-18(24)11-27-17-6-4-3-5-16(17)20(21)26/h3-10,12H,11H2,1-2H3,(H2,21,26)(H,22,23)/t12-/m0/s1. The number of amides is 2. The van der Waals surface area contributed by atoms with Crippen LogP contribution in [0, 0.1) is 0 Å². The summed E-state index contributed by atoms with van der Waals surface area (Å²) >= 11 is 0. The van der Waals surface area contributed by atoms with Gasteiger partial charge >= 0.3 is 5.97 Å². The molecular weight excluding hydrogens is 364 g/mol. The molecule has 8 nitrogen and oxygen atoms in total. The van der Waals surface area contributed by atoms with E-state index in [2.05, 4.69) is 5.32 Å². The van der Waals surface area contributed by atoms with E-state index < -0.39 is 30.4 Å². The van der Waals surface area contributed by atoms with Gasteiger partial charge in [0.1, 0.15) is 5.75 Å². The normalized spacial score (nSPS) is 11.2. The molecule has 0 heterocycles.